The minimum absolute atomic E-state index is 0. The maximum Gasteiger partial charge on any atom is 2.00 e. The van der Waals surface area contributed by atoms with Gasteiger partial charge in [-0.25, -0.2) is 9.97 Å². The first-order valence-corrected chi connectivity index (χ1v) is 28.8. The van der Waals surface area contributed by atoms with E-state index in [1.54, 1.807) is 47.0 Å². The van der Waals surface area contributed by atoms with Crippen LogP contribution in [0.25, 0.3) is 89.7 Å². The summed E-state index contributed by atoms with van der Waals surface area (Å²) >= 11 is 7.13. The number of rotatable bonds is 8. The van der Waals surface area contributed by atoms with Gasteiger partial charge in [0.1, 0.15) is 0 Å². The standard InChI is InChI=1S/C56H68N16S4.Cu/c1-65(2)53(66(3)4)73-29-33-17-21-37-41(25-33)49-57-45(37)62-50-43-27-35(31-75-55(69(9)10)70(11)12)19-23-39(43)47(59-50)64-52-44-28-36(32-76-56(71(13)14)72(15)16)20-24-40(44)48(60-52)63-51-42-26-34(18-22-38(42)46(58-51)61-49)30-74-54(67(5)6)68(7)8;/h17-28H,29-32H2,1-16H3;/q2*+2. The van der Waals surface area contributed by atoms with E-state index in [0.29, 0.717) is 45.9 Å². The molecule has 0 saturated carbocycles. The third-order valence-corrected chi connectivity index (χ3v) is 18.4. The van der Waals surface area contributed by atoms with Crippen molar-refractivity contribution in [3.05, 3.63) is 95.1 Å². The first kappa shape index (κ1) is 57.2. The van der Waals surface area contributed by atoms with E-state index in [4.69, 9.17) is 39.9 Å². The Morgan fingerprint density at radius 3 is 0.896 bits per heavy atom. The molecule has 0 aliphatic carbocycles. The molecule has 77 heavy (non-hydrogen) atoms. The van der Waals surface area contributed by atoms with Crippen molar-refractivity contribution >= 4 is 112 Å². The van der Waals surface area contributed by atoms with E-state index in [-0.39, 0.29) is 17.1 Å². The molecule has 0 spiro atoms. The van der Waals surface area contributed by atoms with Crippen LogP contribution >= 0.6 is 47.0 Å². The Labute approximate surface area is 479 Å². The first-order valence-electron chi connectivity index (χ1n) is 24.9. The van der Waals surface area contributed by atoms with Crippen molar-refractivity contribution < 1.29 is 35.4 Å². The number of aromatic nitrogens is 8. The summed E-state index contributed by atoms with van der Waals surface area (Å²) in [6, 6.07) is 25.9. The maximum absolute atomic E-state index is 5.37. The molecule has 16 nitrogen and oxygen atoms in total. The molecule has 7 aromatic rings. The number of thioether (sulfide) groups is 4. The van der Waals surface area contributed by atoms with Gasteiger partial charge in [0.2, 0.25) is 0 Å². The summed E-state index contributed by atoms with van der Waals surface area (Å²) in [7, 11) is 33.2. The third kappa shape index (κ3) is 12.3. The monoisotopic (exact) mass is 1160 g/mol. The van der Waals surface area contributed by atoms with Gasteiger partial charge in [-0.3, -0.25) is 37.9 Å². The molecule has 0 unspecified atom stereocenters. The van der Waals surface area contributed by atoms with E-state index in [9.17, 15) is 0 Å². The molecule has 5 heterocycles. The Kier molecular flexibility index (Phi) is 17.8. The predicted molar refractivity (Wildman–Crippen MR) is 322 cm³/mol. The Balaban J connectivity index is 0.00000784. The zero-order chi connectivity index (χ0) is 54.3. The molecule has 2 aliphatic heterocycles. The van der Waals surface area contributed by atoms with Gasteiger partial charge in [0.25, 0.3) is 0 Å². The quantitative estimate of drug-likeness (QED) is 0.0634. The Bertz CT molecular complexity index is 3480. The van der Waals surface area contributed by atoms with E-state index in [0.717, 1.165) is 110 Å². The zero-order valence-electron chi connectivity index (χ0n) is 46.8. The minimum Gasteiger partial charge on any atom is -0.357 e. The van der Waals surface area contributed by atoms with E-state index in [2.05, 4.69) is 223 Å². The normalized spacial score (nSPS) is 11.4. The number of amidine groups is 4. The molecule has 0 N–H and O–H groups in total. The maximum atomic E-state index is 5.37. The minimum atomic E-state index is 0. The average Bonchev–Trinajstić information content (AvgIpc) is 4.25. The molecule has 0 saturated heterocycles. The van der Waals surface area contributed by atoms with Gasteiger partial charge in [-0.1, -0.05) is 48.5 Å². The molecule has 403 valence electrons. The fourth-order valence-electron chi connectivity index (χ4n) is 9.44. The van der Waals surface area contributed by atoms with Crippen LogP contribution < -0.4 is 9.97 Å². The van der Waals surface area contributed by atoms with Crippen LogP contribution in [0, 0.1) is 0 Å². The van der Waals surface area contributed by atoms with Gasteiger partial charge in [-0.15, -0.1) is 0 Å². The van der Waals surface area contributed by atoms with Crippen LogP contribution in [0.2, 0.25) is 0 Å². The number of nitrogens with zero attached hydrogens (tertiary/aromatic N) is 16. The molecule has 0 amide bonds. The Morgan fingerprint density at radius 2 is 0.610 bits per heavy atom. The number of hydrogen-bond donors (Lipinski definition) is 0. The van der Waals surface area contributed by atoms with Gasteiger partial charge < -0.3 is 29.9 Å². The molecule has 0 fully saturated rings. The number of fused-ring (bicyclic) bond motifs is 20. The Morgan fingerprint density at radius 1 is 0.351 bits per heavy atom. The van der Waals surface area contributed by atoms with Crippen LogP contribution in [0.4, 0.5) is 0 Å². The summed E-state index contributed by atoms with van der Waals surface area (Å²) in [4.78, 5) is 51.1. The van der Waals surface area contributed by atoms with E-state index in [1.807, 2.05) is 0 Å². The van der Waals surface area contributed by atoms with Crippen molar-refractivity contribution in [1.29, 1.82) is 0 Å². The van der Waals surface area contributed by atoms with Crippen molar-refractivity contribution in [1.82, 2.24) is 59.5 Å². The second-order valence-electron chi connectivity index (χ2n) is 20.4. The Hall–Kier alpha value is -5.96. The zero-order valence-corrected chi connectivity index (χ0v) is 51.1. The van der Waals surface area contributed by atoms with Gasteiger partial charge in [0.05, 0.1) is 136 Å². The van der Waals surface area contributed by atoms with Crippen molar-refractivity contribution in [3.8, 4) is 45.6 Å². The summed E-state index contributed by atoms with van der Waals surface area (Å²) in [5, 5.41) is 8.11. The van der Waals surface area contributed by atoms with Gasteiger partial charge >= 0.3 is 37.7 Å². The summed E-state index contributed by atoms with van der Waals surface area (Å²) < 4.78 is 8.57. The van der Waals surface area contributed by atoms with Crippen molar-refractivity contribution in [2.45, 2.75) is 23.0 Å². The van der Waals surface area contributed by atoms with E-state index in [1.165, 1.54) is 0 Å². The predicted octanol–water partition coefficient (Wildman–Crippen LogP) is 7.82. The van der Waals surface area contributed by atoms with Gasteiger partial charge in [0.15, 0.2) is 0 Å². The fraction of sp³-hybridized carbons (Fsp3) is 0.357. The molecule has 4 aromatic carbocycles. The fourth-order valence-corrected chi connectivity index (χ4v) is 13.4. The first-order chi connectivity index (χ1) is 36.2. The van der Waals surface area contributed by atoms with Crippen LogP contribution in [-0.4, -0.2) is 201 Å². The second kappa shape index (κ2) is 24.0. The summed E-state index contributed by atoms with van der Waals surface area (Å²) in [5.74, 6) is 5.09. The van der Waals surface area contributed by atoms with Crippen molar-refractivity contribution in [2.24, 2.45) is 0 Å². The summed E-state index contributed by atoms with van der Waals surface area (Å²) in [6.07, 6.45) is 0. The van der Waals surface area contributed by atoms with E-state index < -0.39 is 0 Å². The molecule has 3 aromatic heterocycles. The van der Waals surface area contributed by atoms with Crippen LogP contribution in [-0.2, 0) is 40.1 Å². The third-order valence-electron chi connectivity index (χ3n) is 12.5. The van der Waals surface area contributed by atoms with Gasteiger partial charge in [-0.2, -0.15) is 0 Å². The van der Waals surface area contributed by atoms with Crippen LogP contribution in [0.1, 0.15) is 22.3 Å². The second-order valence-corrected chi connectivity index (χ2v) is 24.2. The van der Waals surface area contributed by atoms with Crippen LogP contribution in [0.15, 0.2) is 72.8 Å². The number of hydrogen-bond acceptors (Lipinski definition) is 10. The van der Waals surface area contributed by atoms with Gasteiger partial charge in [0, 0.05) is 67.9 Å². The van der Waals surface area contributed by atoms with Crippen molar-refractivity contribution in [3.63, 3.8) is 0 Å². The molecule has 9 rings (SSSR count). The smallest absolute Gasteiger partial charge is 0.357 e. The molecular formula is C56H68CuN16S4+4. The number of benzene rings is 4. The van der Waals surface area contributed by atoms with Crippen LogP contribution in [0.5, 0.6) is 0 Å². The van der Waals surface area contributed by atoms with Gasteiger partial charge in [-0.05, 0) is 115 Å². The molecule has 0 atom stereocenters. The topological polar surface area (TPSA) is 131 Å². The average molecular weight is 1160 g/mol. The molecule has 2 aliphatic rings. The van der Waals surface area contributed by atoms with Crippen molar-refractivity contribution in [2.75, 3.05) is 113 Å². The SMILES string of the molecule is CN(C)C(SCc1ccc2c(c1)-c1nc-2nc2[n-]c(nc3nc(nc4[n-]c(n1)c1ccc(CSC(N(C)C)=[N+](C)C)cc41)-c1ccc(CSC(N(C)C)=[N+](C)C)cc1-3)c1ccc(CSC(N(C)C)=[N+](C)C)cc21)=[N+](C)C.[Cu+2]. The molecule has 8 bridgehead atoms. The molecule has 1 radical (unpaired) electrons. The summed E-state index contributed by atoms with van der Waals surface area (Å²) in [5.41, 5.74) is 10.2. The molecular weight excluding hydrogens is 1090 g/mol. The largest absolute Gasteiger partial charge is 2.00 e. The molecule has 21 heteroatoms. The van der Waals surface area contributed by atoms with Crippen LogP contribution in [0.3, 0.4) is 0 Å². The summed E-state index contributed by atoms with van der Waals surface area (Å²) in [6.45, 7) is 0. The van der Waals surface area contributed by atoms with E-state index >= 15 is 0 Å².